The molecular weight excluding hydrogens is 518 g/mol. The van der Waals surface area contributed by atoms with E-state index in [0.29, 0.717) is 0 Å². The van der Waals surface area contributed by atoms with Crippen LogP contribution in [0, 0.1) is 0 Å². The fraction of sp³-hybridized carbons (Fsp3) is 0.0476. The first-order valence-electron chi connectivity index (χ1n) is 14.8. The molecule has 0 aliphatic heterocycles. The van der Waals surface area contributed by atoms with Crippen molar-refractivity contribution in [3.63, 3.8) is 0 Å². The summed E-state index contributed by atoms with van der Waals surface area (Å²) in [5.74, 6) is 0. The van der Waals surface area contributed by atoms with E-state index in [4.69, 9.17) is 0 Å². The molecule has 0 fully saturated rings. The molecule has 1 aromatic heterocycles. The minimum absolute atomic E-state index is 0.867. The molecule has 0 unspecified atom stereocenters. The smallest absolute Gasteiger partial charge is 0.0619 e. The van der Waals surface area contributed by atoms with Crippen LogP contribution in [0.5, 0.6) is 0 Å². The van der Waals surface area contributed by atoms with Gasteiger partial charge in [-0.25, -0.2) is 0 Å². The fourth-order valence-electron chi connectivity index (χ4n) is 6.27. The van der Waals surface area contributed by atoms with Gasteiger partial charge in [0.25, 0.3) is 0 Å². The number of fused-ring (bicyclic) bond motifs is 6. The maximum absolute atomic E-state index is 4.11. The zero-order chi connectivity index (χ0) is 29.3. The van der Waals surface area contributed by atoms with E-state index >= 15 is 0 Å². The van der Waals surface area contributed by atoms with Gasteiger partial charge in [-0.3, -0.25) is 0 Å². The summed E-state index contributed by atoms with van der Waals surface area (Å²) >= 11 is 0. The number of para-hydroxylation sites is 1. The van der Waals surface area contributed by atoms with Gasteiger partial charge in [-0.2, -0.15) is 0 Å². The van der Waals surface area contributed by atoms with Crippen LogP contribution in [0.2, 0.25) is 0 Å². The highest BCUT2D eigenvalue weighted by Crippen LogP contribution is 2.39. The second-order valence-electron chi connectivity index (χ2n) is 11.2. The maximum Gasteiger partial charge on any atom is 0.0619 e. The molecule has 0 N–H and O–H groups in total. The quantitative estimate of drug-likeness (QED) is 0.174. The summed E-state index contributed by atoms with van der Waals surface area (Å²) in [5.41, 5.74) is 9.62. The van der Waals surface area contributed by atoms with Gasteiger partial charge in [-0.05, 0) is 82.1 Å². The predicted octanol–water partition coefficient (Wildman–Crippen LogP) is 11.8. The van der Waals surface area contributed by atoms with E-state index in [-0.39, 0.29) is 0 Å². The molecule has 0 saturated heterocycles. The standard InChI is InChI=1S/C42H33N/c1-4-11-29(3)16-17-30(5-2)33-20-23-38-36(27-33)22-25-40-39-24-21-35(34-19-18-31-12-9-10-13-32(31)26-34)28-41(39)43(42(38)40)37-14-7-6-8-15-37/h4-15,17-28H,1-2,16H2,3H3/b29-11+,30-17+. The molecule has 43 heavy (non-hydrogen) atoms. The monoisotopic (exact) mass is 551 g/mol. The summed E-state index contributed by atoms with van der Waals surface area (Å²) in [4.78, 5) is 0. The van der Waals surface area contributed by atoms with Crippen LogP contribution in [-0.4, -0.2) is 4.57 Å². The van der Waals surface area contributed by atoms with E-state index in [1.165, 1.54) is 65.6 Å². The van der Waals surface area contributed by atoms with Crippen LogP contribution in [0.1, 0.15) is 18.9 Å². The van der Waals surface area contributed by atoms with E-state index in [9.17, 15) is 0 Å². The Balaban J connectivity index is 1.44. The molecule has 0 bridgehead atoms. The first kappa shape index (κ1) is 26.5. The molecule has 6 aromatic carbocycles. The third-order valence-electron chi connectivity index (χ3n) is 8.44. The third kappa shape index (κ3) is 4.79. The highest BCUT2D eigenvalue weighted by atomic mass is 15.0. The highest BCUT2D eigenvalue weighted by Gasteiger charge is 2.16. The topological polar surface area (TPSA) is 4.93 Å². The summed E-state index contributed by atoms with van der Waals surface area (Å²) in [6, 6.07) is 44.3. The van der Waals surface area contributed by atoms with Crippen molar-refractivity contribution < 1.29 is 0 Å². The summed E-state index contributed by atoms with van der Waals surface area (Å²) in [6.45, 7) is 10.1. The van der Waals surface area contributed by atoms with Crippen LogP contribution in [0.3, 0.4) is 0 Å². The zero-order valence-electron chi connectivity index (χ0n) is 24.4. The van der Waals surface area contributed by atoms with Gasteiger partial charge < -0.3 is 4.57 Å². The Bertz CT molecular complexity index is 2240. The Morgan fingerprint density at radius 3 is 2.16 bits per heavy atom. The van der Waals surface area contributed by atoms with Crippen molar-refractivity contribution in [1.29, 1.82) is 0 Å². The van der Waals surface area contributed by atoms with Gasteiger partial charge in [0, 0.05) is 21.8 Å². The number of benzene rings is 6. The molecule has 0 saturated carbocycles. The Morgan fingerprint density at radius 1 is 0.651 bits per heavy atom. The van der Waals surface area contributed by atoms with Crippen LogP contribution in [0.25, 0.3) is 65.7 Å². The molecule has 206 valence electrons. The van der Waals surface area contributed by atoms with Crippen LogP contribution >= 0.6 is 0 Å². The normalized spacial score (nSPS) is 12.4. The lowest BCUT2D eigenvalue weighted by molar-refractivity contribution is 1.19. The minimum atomic E-state index is 0.867. The lowest BCUT2D eigenvalue weighted by atomic mass is 9.97. The summed E-state index contributed by atoms with van der Waals surface area (Å²) in [7, 11) is 0. The van der Waals surface area contributed by atoms with Crippen molar-refractivity contribution in [2.24, 2.45) is 0 Å². The maximum atomic E-state index is 4.11. The molecular formula is C42H33N. The van der Waals surface area contributed by atoms with Gasteiger partial charge in [0.1, 0.15) is 0 Å². The Labute approximate surface area is 253 Å². The molecule has 7 rings (SSSR count). The second-order valence-corrected chi connectivity index (χ2v) is 11.2. The molecule has 1 nitrogen and oxygen atoms in total. The summed E-state index contributed by atoms with van der Waals surface area (Å²) < 4.78 is 2.44. The zero-order valence-corrected chi connectivity index (χ0v) is 24.4. The van der Waals surface area contributed by atoms with Gasteiger partial charge in [0.2, 0.25) is 0 Å². The van der Waals surface area contributed by atoms with Crippen LogP contribution < -0.4 is 0 Å². The SMILES string of the molecule is C=C/C=C(\C)C/C=C(\C=C)c1ccc2c(ccc3c4ccc(-c5ccc6ccccc6c5)cc4n(-c4ccccc4)c23)c1. The molecule has 0 radical (unpaired) electrons. The van der Waals surface area contributed by atoms with E-state index in [2.05, 4.69) is 158 Å². The van der Waals surface area contributed by atoms with Crippen LogP contribution in [0.15, 0.2) is 164 Å². The van der Waals surface area contributed by atoms with Gasteiger partial charge in [-0.15, -0.1) is 0 Å². The summed E-state index contributed by atoms with van der Waals surface area (Å²) in [6.07, 6.45) is 8.97. The Morgan fingerprint density at radius 2 is 1.35 bits per heavy atom. The summed E-state index contributed by atoms with van der Waals surface area (Å²) in [5, 5.41) is 7.48. The number of aromatic nitrogens is 1. The fourth-order valence-corrected chi connectivity index (χ4v) is 6.27. The van der Waals surface area contributed by atoms with E-state index in [0.717, 1.165) is 17.7 Å². The van der Waals surface area contributed by atoms with Crippen molar-refractivity contribution in [1.82, 2.24) is 4.57 Å². The van der Waals surface area contributed by atoms with Crippen molar-refractivity contribution in [2.45, 2.75) is 13.3 Å². The number of hydrogen-bond donors (Lipinski definition) is 0. The lowest BCUT2D eigenvalue weighted by Gasteiger charge is -2.12. The number of allylic oxidation sites excluding steroid dienone is 6. The molecule has 7 aromatic rings. The van der Waals surface area contributed by atoms with Crippen LogP contribution in [-0.2, 0) is 0 Å². The first-order chi connectivity index (χ1) is 21.1. The first-order valence-corrected chi connectivity index (χ1v) is 14.8. The average Bonchev–Trinajstić information content (AvgIpc) is 3.39. The van der Waals surface area contributed by atoms with Crippen molar-refractivity contribution in [3.05, 3.63) is 170 Å². The van der Waals surface area contributed by atoms with E-state index in [1.807, 2.05) is 12.2 Å². The molecule has 0 atom stereocenters. The molecule has 1 heteroatoms. The van der Waals surface area contributed by atoms with Crippen LogP contribution in [0.4, 0.5) is 0 Å². The van der Waals surface area contributed by atoms with Crippen molar-refractivity contribution >= 4 is 48.9 Å². The van der Waals surface area contributed by atoms with Gasteiger partial charge in [0.15, 0.2) is 0 Å². The number of rotatable bonds is 7. The second kappa shape index (κ2) is 11.1. The lowest BCUT2D eigenvalue weighted by Crippen LogP contribution is -1.94. The van der Waals surface area contributed by atoms with Crippen molar-refractivity contribution in [3.8, 4) is 16.8 Å². The van der Waals surface area contributed by atoms with E-state index in [1.54, 1.807) is 0 Å². The molecule has 0 spiro atoms. The molecule has 1 heterocycles. The van der Waals surface area contributed by atoms with Crippen molar-refractivity contribution in [2.75, 3.05) is 0 Å². The molecule has 0 amide bonds. The third-order valence-corrected chi connectivity index (χ3v) is 8.44. The predicted molar refractivity (Wildman–Crippen MR) is 188 cm³/mol. The molecule has 0 aliphatic carbocycles. The Hall–Kier alpha value is -5.40. The van der Waals surface area contributed by atoms with E-state index < -0.39 is 0 Å². The van der Waals surface area contributed by atoms with Gasteiger partial charge in [-0.1, -0.05) is 134 Å². The highest BCUT2D eigenvalue weighted by molar-refractivity contribution is 6.19. The largest absolute Gasteiger partial charge is 0.309 e. The average molecular weight is 552 g/mol. The number of hydrogen-bond acceptors (Lipinski definition) is 0. The number of nitrogens with zero attached hydrogens (tertiary/aromatic N) is 1. The minimum Gasteiger partial charge on any atom is -0.309 e. The van der Waals surface area contributed by atoms with Gasteiger partial charge in [0.05, 0.1) is 11.0 Å². The van der Waals surface area contributed by atoms with Gasteiger partial charge >= 0.3 is 0 Å². The Kier molecular flexibility index (Phi) is 6.85. The molecule has 0 aliphatic rings.